The molecule has 3 rings (SSSR count). The number of para-hydroxylation sites is 1. The maximum Gasteiger partial charge on any atom is 0.225 e. The second-order valence-electron chi connectivity index (χ2n) is 5.39. The largest absolute Gasteiger partial charge is 0.348 e. The van der Waals surface area contributed by atoms with E-state index in [-0.39, 0.29) is 30.7 Å². The van der Waals surface area contributed by atoms with E-state index in [4.69, 9.17) is 0 Å². The van der Waals surface area contributed by atoms with E-state index in [0.717, 1.165) is 5.69 Å². The zero-order valence-corrected chi connectivity index (χ0v) is 12.8. The Labute approximate surface area is 133 Å². The zero-order chi connectivity index (χ0) is 16.2. The van der Waals surface area contributed by atoms with Gasteiger partial charge in [0.15, 0.2) is 5.82 Å². The Balaban J connectivity index is 1.63. The van der Waals surface area contributed by atoms with Gasteiger partial charge in [-0.15, -0.1) is 5.10 Å². The number of hydrogen-bond donors (Lipinski definition) is 1. The van der Waals surface area contributed by atoms with E-state index in [0.29, 0.717) is 18.9 Å². The molecule has 2 aromatic rings. The average molecular weight is 314 g/mol. The summed E-state index contributed by atoms with van der Waals surface area (Å²) in [6.45, 7) is 3.24. The van der Waals surface area contributed by atoms with Crippen molar-refractivity contribution >= 4 is 11.8 Å². The average Bonchev–Trinajstić information content (AvgIpc) is 3.19. The third-order valence-corrected chi connectivity index (χ3v) is 3.92. The molecule has 2 amide bonds. The smallest absolute Gasteiger partial charge is 0.225 e. The van der Waals surface area contributed by atoms with Crippen molar-refractivity contribution in [3.8, 4) is 5.69 Å². The summed E-state index contributed by atoms with van der Waals surface area (Å²) in [5.74, 6) is 0.128. The molecule has 1 aromatic heterocycles. The van der Waals surface area contributed by atoms with E-state index in [1.165, 1.54) is 0 Å². The molecule has 1 aliphatic heterocycles. The number of nitrogens with one attached hydrogen (secondary N) is 1. The molecule has 1 saturated heterocycles. The summed E-state index contributed by atoms with van der Waals surface area (Å²) in [6, 6.07) is 9.46. The fraction of sp³-hybridized carbons (Fsp3) is 0.400. The number of nitrogens with zero attached hydrogens (tertiary/aromatic N) is 5. The Kier molecular flexibility index (Phi) is 4.31. The summed E-state index contributed by atoms with van der Waals surface area (Å²) in [6.07, 6.45) is 0.267. The molecule has 8 heteroatoms. The van der Waals surface area contributed by atoms with Gasteiger partial charge in [0.2, 0.25) is 11.8 Å². The molecule has 0 saturated carbocycles. The Morgan fingerprint density at radius 1 is 1.35 bits per heavy atom. The van der Waals surface area contributed by atoms with Crippen LogP contribution in [0.4, 0.5) is 0 Å². The lowest BCUT2D eigenvalue weighted by Gasteiger charge is -2.13. The standard InChI is InChI=1S/C15H18N6O2/c1-2-20-10-11(8-14(20)22)15(23)16-9-13-17-18-19-21(13)12-6-4-3-5-7-12/h3-7,11H,2,8-10H2,1H3,(H,16,23). The lowest BCUT2D eigenvalue weighted by molar-refractivity contribution is -0.128. The molecular weight excluding hydrogens is 296 g/mol. The van der Waals surface area contributed by atoms with Crippen LogP contribution in [-0.2, 0) is 16.1 Å². The van der Waals surface area contributed by atoms with Crippen LogP contribution in [0.25, 0.3) is 5.69 Å². The molecule has 8 nitrogen and oxygen atoms in total. The predicted molar refractivity (Wildman–Crippen MR) is 81.4 cm³/mol. The molecule has 1 N–H and O–H groups in total. The summed E-state index contributed by atoms with van der Waals surface area (Å²) >= 11 is 0. The summed E-state index contributed by atoms with van der Waals surface area (Å²) in [5.41, 5.74) is 0.829. The Morgan fingerprint density at radius 2 is 2.13 bits per heavy atom. The van der Waals surface area contributed by atoms with Crippen LogP contribution in [0.5, 0.6) is 0 Å². The third-order valence-electron chi connectivity index (χ3n) is 3.92. The predicted octanol–water partition coefficient (Wildman–Crippen LogP) is 0.147. The summed E-state index contributed by atoms with van der Waals surface area (Å²) in [7, 11) is 0. The molecule has 120 valence electrons. The van der Waals surface area contributed by atoms with Gasteiger partial charge in [0.05, 0.1) is 18.2 Å². The van der Waals surface area contributed by atoms with E-state index in [9.17, 15) is 9.59 Å². The molecule has 2 heterocycles. The lowest BCUT2D eigenvalue weighted by Crippen LogP contribution is -2.33. The number of hydrogen-bond acceptors (Lipinski definition) is 5. The Bertz CT molecular complexity index is 699. The fourth-order valence-electron chi connectivity index (χ4n) is 2.65. The van der Waals surface area contributed by atoms with Crippen molar-refractivity contribution in [2.75, 3.05) is 13.1 Å². The number of amides is 2. The SMILES string of the molecule is CCN1CC(C(=O)NCc2nnnn2-c2ccccc2)CC1=O. The van der Waals surface area contributed by atoms with Crippen molar-refractivity contribution in [3.63, 3.8) is 0 Å². The van der Waals surface area contributed by atoms with E-state index < -0.39 is 0 Å². The third kappa shape index (κ3) is 3.20. The van der Waals surface area contributed by atoms with Crippen LogP contribution in [0, 0.1) is 5.92 Å². The maximum absolute atomic E-state index is 12.2. The van der Waals surface area contributed by atoms with Crippen LogP contribution in [0.1, 0.15) is 19.2 Å². The van der Waals surface area contributed by atoms with Gasteiger partial charge in [0, 0.05) is 19.5 Å². The molecule has 1 atom stereocenters. The normalized spacial score (nSPS) is 17.5. The highest BCUT2D eigenvalue weighted by atomic mass is 16.2. The molecule has 0 spiro atoms. The van der Waals surface area contributed by atoms with Crippen molar-refractivity contribution in [1.82, 2.24) is 30.4 Å². The maximum atomic E-state index is 12.2. The highest BCUT2D eigenvalue weighted by Crippen LogP contribution is 2.17. The van der Waals surface area contributed by atoms with E-state index in [1.807, 2.05) is 37.3 Å². The van der Waals surface area contributed by atoms with Crippen molar-refractivity contribution in [2.24, 2.45) is 5.92 Å². The van der Waals surface area contributed by atoms with E-state index in [2.05, 4.69) is 20.8 Å². The molecular formula is C15H18N6O2. The first-order chi connectivity index (χ1) is 11.2. The number of aromatic nitrogens is 4. The first-order valence-electron chi connectivity index (χ1n) is 7.57. The minimum Gasteiger partial charge on any atom is -0.348 e. The monoisotopic (exact) mass is 314 g/mol. The number of rotatable bonds is 5. The zero-order valence-electron chi connectivity index (χ0n) is 12.8. The van der Waals surface area contributed by atoms with Gasteiger partial charge in [-0.1, -0.05) is 18.2 Å². The van der Waals surface area contributed by atoms with E-state index >= 15 is 0 Å². The van der Waals surface area contributed by atoms with Gasteiger partial charge in [-0.05, 0) is 29.5 Å². The lowest BCUT2D eigenvalue weighted by atomic mass is 10.1. The van der Waals surface area contributed by atoms with Crippen molar-refractivity contribution in [1.29, 1.82) is 0 Å². The molecule has 23 heavy (non-hydrogen) atoms. The number of carbonyl (C=O) groups excluding carboxylic acids is 2. The van der Waals surface area contributed by atoms with Crippen LogP contribution < -0.4 is 5.32 Å². The van der Waals surface area contributed by atoms with Crippen LogP contribution in [0.3, 0.4) is 0 Å². The molecule has 1 aromatic carbocycles. The first-order valence-corrected chi connectivity index (χ1v) is 7.57. The fourth-order valence-corrected chi connectivity index (χ4v) is 2.65. The van der Waals surface area contributed by atoms with Crippen LogP contribution >= 0.6 is 0 Å². The number of tetrazole rings is 1. The van der Waals surface area contributed by atoms with Gasteiger partial charge in [-0.2, -0.15) is 4.68 Å². The Morgan fingerprint density at radius 3 is 2.83 bits per heavy atom. The second kappa shape index (κ2) is 6.55. The number of likely N-dealkylation sites (tertiary alicyclic amines) is 1. The van der Waals surface area contributed by atoms with Gasteiger partial charge in [0.25, 0.3) is 0 Å². The minimum absolute atomic E-state index is 0.0294. The van der Waals surface area contributed by atoms with Crippen LogP contribution in [-0.4, -0.2) is 50.0 Å². The molecule has 0 radical (unpaired) electrons. The van der Waals surface area contributed by atoms with Gasteiger partial charge >= 0.3 is 0 Å². The van der Waals surface area contributed by atoms with Crippen LogP contribution in [0.15, 0.2) is 30.3 Å². The summed E-state index contributed by atoms with van der Waals surface area (Å²) in [4.78, 5) is 25.6. The van der Waals surface area contributed by atoms with Gasteiger partial charge in [-0.3, -0.25) is 9.59 Å². The highest BCUT2D eigenvalue weighted by molar-refractivity contribution is 5.89. The highest BCUT2D eigenvalue weighted by Gasteiger charge is 2.33. The van der Waals surface area contributed by atoms with Gasteiger partial charge in [-0.25, -0.2) is 0 Å². The van der Waals surface area contributed by atoms with Crippen molar-refractivity contribution in [3.05, 3.63) is 36.2 Å². The molecule has 1 fully saturated rings. The number of carbonyl (C=O) groups is 2. The molecule has 0 aliphatic carbocycles. The first kappa shape index (κ1) is 15.1. The van der Waals surface area contributed by atoms with Gasteiger partial charge in [0.1, 0.15) is 0 Å². The number of benzene rings is 1. The van der Waals surface area contributed by atoms with Gasteiger partial charge < -0.3 is 10.2 Å². The molecule has 1 aliphatic rings. The minimum atomic E-state index is -0.302. The quantitative estimate of drug-likeness (QED) is 0.848. The molecule has 0 bridgehead atoms. The van der Waals surface area contributed by atoms with Crippen molar-refractivity contribution < 1.29 is 9.59 Å². The second-order valence-corrected chi connectivity index (χ2v) is 5.39. The summed E-state index contributed by atoms with van der Waals surface area (Å²) in [5, 5.41) is 14.4. The summed E-state index contributed by atoms with van der Waals surface area (Å²) < 4.78 is 1.58. The van der Waals surface area contributed by atoms with Crippen LogP contribution in [0.2, 0.25) is 0 Å². The Hall–Kier alpha value is -2.77. The molecule has 1 unspecified atom stereocenters. The van der Waals surface area contributed by atoms with E-state index in [1.54, 1.807) is 9.58 Å². The van der Waals surface area contributed by atoms with Crippen molar-refractivity contribution in [2.45, 2.75) is 19.9 Å². The topological polar surface area (TPSA) is 93.0 Å².